The lowest BCUT2D eigenvalue weighted by Crippen LogP contribution is -2.12. The zero-order chi connectivity index (χ0) is 20.8. The van der Waals surface area contributed by atoms with Gasteiger partial charge in [0.05, 0.1) is 9.79 Å². The third-order valence-corrected chi connectivity index (χ3v) is 7.62. The lowest BCUT2D eigenvalue weighted by Gasteiger charge is -2.06. The maximum atomic E-state index is 12.6. The molecule has 0 aliphatic carbocycles. The van der Waals surface area contributed by atoms with Gasteiger partial charge < -0.3 is 4.57 Å². The fourth-order valence-corrected chi connectivity index (χ4v) is 5.35. The summed E-state index contributed by atoms with van der Waals surface area (Å²) in [5, 5.41) is 1.05. The van der Waals surface area contributed by atoms with Crippen molar-refractivity contribution in [1.82, 2.24) is 13.9 Å². The molecular formula is C18H16N4O4S3. The van der Waals surface area contributed by atoms with Crippen molar-refractivity contribution < 1.29 is 16.8 Å². The lowest BCUT2D eigenvalue weighted by atomic mass is 10.1. The van der Waals surface area contributed by atoms with Gasteiger partial charge in [-0.15, -0.1) is 0 Å². The number of hydrogen-bond donors (Lipinski definition) is 1. The van der Waals surface area contributed by atoms with Crippen molar-refractivity contribution in [2.24, 2.45) is 7.05 Å². The number of hydrogen-bond acceptors (Lipinski definition) is 7. The lowest BCUT2D eigenvalue weighted by molar-refractivity contribution is 0.600. The van der Waals surface area contributed by atoms with E-state index in [4.69, 9.17) is 0 Å². The summed E-state index contributed by atoms with van der Waals surface area (Å²) in [6.07, 6.45) is 4.33. The van der Waals surface area contributed by atoms with E-state index in [9.17, 15) is 16.8 Å². The number of nitrogens with one attached hydrogen (secondary N) is 1. The molecule has 2 aromatic carbocycles. The number of sulfonamides is 1. The molecule has 0 unspecified atom stereocenters. The Morgan fingerprint density at radius 3 is 2.31 bits per heavy atom. The number of nitrogens with zero attached hydrogens (tertiary/aromatic N) is 3. The largest absolute Gasteiger partial charge is 0.350 e. The summed E-state index contributed by atoms with van der Waals surface area (Å²) < 4.78 is 56.6. The Hall–Kier alpha value is -2.76. The molecule has 0 aliphatic heterocycles. The first kappa shape index (κ1) is 19.6. The third-order valence-electron chi connectivity index (χ3n) is 4.45. The van der Waals surface area contributed by atoms with E-state index in [1.807, 2.05) is 17.8 Å². The predicted molar refractivity (Wildman–Crippen MR) is 112 cm³/mol. The molecular weight excluding hydrogens is 432 g/mol. The summed E-state index contributed by atoms with van der Waals surface area (Å²) in [7, 11) is -5.24. The minimum Gasteiger partial charge on any atom is -0.350 e. The molecule has 0 atom stereocenters. The van der Waals surface area contributed by atoms with Crippen LogP contribution in [0.4, 0.5) is 5.13 Å². The predicted octanol–water partition coefficient (Wildman–Crippen LogP) is 2.90. The molecule has 0 bridgehead atoms. The quantitative estimate of drug-likeness (QED) is 0.503. The van der Waals surface area contributed by atoms with E-state index in [2.05, 4.69) is 14.1 Å². The molecule has 11 heteroatoms. The Kier molecular flexibility index (Phi) is 4.68. The molecule has 0 radical (unpaired) electrons. The van der Waals surface area contributed by atoms with Gasteiger partial charge in [0.2, 0.25) is 5.13 Å². The van der Waals surface area contributed by atoms with E-state index in [-0.39, 0.29) is 14.9 Å². The number of rotatable bonds is 5. The van der Waals surface area contributed by atoms with Gasteiger partial charge in [0.15, 0.2) is 9.84 Å². The fourth-order valence-electron chi connectivity index (χ4n) is 3.03. The summed E-state index contributed by atoms with van der Waals surface area (Å²) in [5.74, 6) is 0. The second kappa shape index (κ2) is 6.94. The first-order valence-corrected chi connectivity index (χ1v) is 12.5. The van der Waals surface area contributed by atoms with Crippen molar-refractivity contribution in [3.8, 4) is 11.1 Å². The van der Waals surface area contributed by atoms with Crippen LogP contribution >= 0.6 is 11.5 Å². The molecule has 2 heterocycles. The summed E-state index contributed by atoms with van der Waals surface area (Å²) in [5.41, 5.74) is 2.45. The Morgan fingerprint density at radius 1 is 1.00 bits per heavy atom. The van der Waals surface area contributed by atoms with Crippen molar-refractivity contribution >= 4 is 47.4 Å². The molecule has 1 N–H and O–H groups in total. The number of anilines is 1. The normalized spacial score (nSPS) is 12.3. The highest BCUT2D eigenvalue weighted by Crippen LogP contribution is 2.32. The van der Waals surface area contributed by atoms with Crippen molar-refractivity contribution in [2.45, 2.75) is 9.79 Å². The molecule has 29 heavy (non-hydrogen) atoms. The van der Waals surface area contributed by atoms with Gasteiger partial charge in [-0.25, -0.2) is 21.8 Å². The Bertz CT molecular complexity index is 1410. The third kappa shape index (κ3) is 3.76. The van der Waals surface area contributed by atoms with Crippen LogP contribution in [0.1, 0.15) is 0 Å². The first-order chi connectivity index (χ1) is 13.6. The number of fused-ring (bicyclic) bond motifs is 1. The number of benzene rings is 2. The number of aromatic nitrogens is 3. The van der Waals surface area contributed by atoms with Gasteiger partial charge in [0, 0.05) is 47.5 Å². The molecule has 0 amide bonds. The second-order valence-corrected chi connectivity index (χ2v) is 11.0. The highest BCUT2D eigenvalue weighted by atomic mass is 32.2. The minimum absolute atomic E-state index is 0.111. The van der Waals surface area contributed by atoms with E-state index in [1.165, 1.54) is 12.4 Å². The van der Waals surface area contributed by atoms with Gasteiger partial charge in [-0.05, 0) is 29.8 Å². The molecule has 150 valence electrons. The molecule has 8 nitrogen and oxygen atoms in total. The van der Waals surface area contributed by atoms with Crippen LogP contribution in [0.3, 0.4) is 0 Å². The van der Waals surface area contributed by atoms with Crippen LogP contribution in [-0.2, 0) is 26.9 Å². The molecule has 0 spiro atoms. The van der Waals surface area contributed by atoms with E-state index >= 15 is 0 Å². The molecule has 2 aromatic heterocycles. The molecule has 0 aliphatic rings. The van der Waals surface area contributed by atoms with Crippen molar-refractivity contribution in [3.63, 3.8) is 0 Å². The zero-order valence-electron chi connectivity index (χ0n) is 15.4. The average Bonchev–Trinajstić information content (AvgIpc) is 3.28. The molecule has 4 rings (SSSR count). The van der Waals surface area contributed by atoms with Crippen molar-refractivity contribution in [2.75, 3.05) is 11.0 Å². The van der Waals surface area contributed by atoms with E-state index in [1.54, 1.807) is 36.4 Å². The molecule has 4 aromatic rings. The van der Waals surface area contributed by atoms with E-state index in [0.29, 0.717) is 0 Å². The Labute approximate surface area is 172 Å². The van der Waals surface area contributed by atoms with Crippen LogP contribution in [0.25, 0.3) is 22.0 Å². The summed E-state index contributed by atoms with van der Waals surface area (Å²) in [6, 6.07) is 11.5. The number of aryl methyl sites for hydroxylation is 1. The van der Waals surface area contributed by atoms with Crippen LogP contribution in [-0.4, -0.2) is 37.0 Å². The molecule has 0 fully saturated rings. The summed E-state index contributed by atoms with van der Waals surface area (Å²) >= 11 is 0.956. The van der Waals surface area contributed by atoms with E-state index < -0.39 is 19.9 Å². The van der Waals surface area contributed by atoms with Gasteiger partial charge in [0.1, 0.15) is 6.33 Å². The summed E-state index contributed by atoms with van der Waals surface area (Å²) in [4.78, 5) is 4.20. The smallest absolute Gasteiger partial charge is 0.263 e. The van der Waals surface area contributed by atoms with Crippen LogP contribution in [0.5, 0.6) is 0 Å². The SMILES string of the molecule is Cn1cc(-c2ccc(S(C)(=O)=O)cc2)c2ccc(S(=O)(=O)Nc3ncns3)cc21. The average molecular weight is 449 g/mol. The maximum Gasteiger partial charge on any atom is 0.263 e. The van der Waals surface area contributed by atoms with Crippen molar-refractivity contribution in [1.29, 1.82) is 0 Å². The Morgan fingerprint density at radius 2 is 1.69 bits per heavy atom. The highest BCUT2D eigenvalue weighted by molar-refractivity contribution is 7.93. The fraction of sp³-hybridized carbons (Fsp3) is 0.111. The topological polar surface area (TPSA) is 111 Å². The van der Waals surface area contributed by atoms with Crippen LogP contribution in [0.2, 0.25) is 0 Å². The first-order valence-electron chi connectivity index (χ1n) is 8.34. The monoisotopic (exact) mass is 448 g/mol. The van der Waals surface area contributed by atoms with Crippen molar-refractivity contribution in [3.05, 3.63) is 55.0 Å². The van der Waals surface area contributed by atoms with Gasteiger partial charge in [-0.2, -0.15) is 4.37 Å². The molecule has 0 saturated heterocycles. The number of sulfone groups is 1. The van der Waals surface area contributed by atoms with Crippen LogP contribution in [0.15, 0.2) is 64.8 Å². The minimum atomic E-state index is -3.79. The van der Waals surface area contributed by atoms with Gasteiger partial charge in [-0.3, -0.25) is 4.72 Å². The standard InChI is InChI=1S/C18H16N4O4S3/c1-22-10-16(12-3-5-13(6-4-12)28(2,23)24)15-8-7-14(9-17(15)22)29(25,26)21-18-19-11-20-27-18/h3-11H,1-2H3,(H,19,20,21). The van der Waals surface area contributed by atoms with E-state index in [0.717, 1.165) is 39.8 Å². The van der Waals surface area contributed by atoms with Gasteiger partial charge in [-0.1, -0.05) is 18.2 Å². The van der Waals surface area contributed by atoms with Gasteiger partial charge in [0.25, 0.3) is 10.0 Å². The zero-order valence-corrected chi connectivity index (χ0v) is 17.8. The second-order valence-electron chi connectivity index (χ2n) is 6.48. The van der Waals surface area contributed by atoms with Crippen LogP contribution in [0, 0.1) is 0 Å². The Balaban J connectivity index is 1.76. The van der Waals surface area contributed by atoms with Crippen LogP contribution < -0.4 is 4.72 Å². The molecule has 0 saturated carbocycles. The van der Waals surface area contributed by atoms with Gasteiger partial charge >= 0.3 is 0 Å². The summed E-state index contributed by atoms with van der Waals surface area (Å²) in [6.45, 7) is 0. The highest BCUT2D eigenvalue weighted by Gasteiger charge is 2.18. The maximum absolute atomic E-state index is 12.6.